The maximum absolute atomic E-state index is 15.9. The van der Waals surface area contributed by atoms with E-state index in [2.05, 4.69) is 46.9 Å². The first-order chi connectivity index (χ1) is 32.7. The van der Waals surface area contributed by atoms with Crippen LogP contribution in [0.1, 0.15) is 94.6 Å². The lowest BCUT2D eigenvalue weighted by Crippen LogP contribution is -2.48. The highest BCUT2D eigenvalue weighted by atomic mass is 35.5. The van der Waals surface area contributed by atoms with Gasteiger partial charge in [0.25, 0.3) is 5.91 Å². The summed E-state index contributed by atoms with van der Waals surface area (Å²) in [5.74, 6) is -1.03. The summed E-state index contributed by atoms with van der Waals surface area (Å²) in [6.07, 6.45) is 8.39. The molecule has 3 aliphatic rings. The number of H-pyrrole nitrogens is 1. The van der Waals surface area contributed by atoms with Gasteiger partial charge in [0.15, 0.2) is 5.75 Å². The number of piperidine rings is 1. The molecule has 1 fully saturated rings. The van der Waals surface area contributed by atoms with Crippen molar-refractivity contribution >= 4 is 68.0 Å². The Hall–Kier alpha value is -6.30. The van der Waals surface area contributed by atoms with E-state index in [4.69, 9.17) is 25.8 Å². The summed E-state index contributed by atoms with van der Waals surface area (Å²) < 4.78 is 59.8. The Bertz CT molecular complexity index is 2910. The molecule has 2 aliphatic heterocycles. The number of alkyl halides is 1. The van der Waals surface area contributed by atoms with Gasteiger partial charge >= 0.3 is 11.8 Å². The quantitative estimate of drug-likeness (QED) is 0.0652. The molecular formula is C51H56ClFN6O9S. The van der Waals surface area contributed by atoms with E-state index >= 15 is 4.39 Å². The molecule has 2 amide bonds. The summed E-state index contributed by atoms with van der Waals surface area (Å²) in [4.78, 5) is 49.9. The van der Waals surface area contributed by atoms with Gasteiger partial charge in [0.2, 0.25) is 10.9 Å². The number of carbonyl (C=O) groups excluding carboxylic acids is 2. The van der Waals surface area contributed by atoms with Crippen molar-refractivity contribution in [2.75, 3.05) is 43.6 Å². The molecule has 1 N–H and O–H groups in total. The first-order valence-electron chi connectivity index (χ1n) is 22.9. The summed E-state index contributed by atoms with van der Waals surface area (Å²) in [6, 6.07) is 19.8. The minimum absolute atomic E-state index is 0.0439. The van der Waals surface area contributed by atoms with E-state index in [-0.39, 0.29) is 59.8 Å². The standard InChI is InChI=1S/C51H56ClFN6O9S/c1-49(2,3)68-48(61)57-24-19-51(53,20-25-57)32-66-44-13-11-39(28-43(44)59(62)63)58(69(64)65)47(60)41-12-8-35(27-45(41)67-40-26-36-15-21-54-46(36)55-30-40)33-16-22-56(23-17-33)31-37-14-18-50(4,5)29-42(37)34-6-9-38(52)10-7-34/h6-13,15-16,21,26-28,30,69H,14,17-20,22-25,29,31-32H2,1-5H3,(H,54,55). The Morgan fingerprint density at radius 2 is 1.70 bits per heavy atom. The number of thiol groups is 1. The molecule has 18 heteroatoms. The number of carbonyl (C=O) groups is 2. The number of nitro groups is 1. The molecule has 69 heavy (non-hydrogen) atoms. The van der Waals surface area contributed by atoms with Crippen LogP contribution >= 0.6 is 11.6 Å². The Morgan fingerprint density at radius 1 is 0.957 bits per heavy atom. The van der Waals surface area contributed by atoms with E-state index in [1.807, 2.05) is 18.2 Å². The summed E-state index contributed by atoms with van der Waals surface area (Å²) in [7, 11) is -3.72. The second kappa shape index (κ2) is 20.0. The Balaban J connectivity index is 1.03. The highest BCUT2D eigenvalue weighted by Gasteiger charge is 2.39. The summed E-state index contributed by atoms with van der Waals surface area (Å²) >= 11 is 6.25. The first-order valence-corrected chi connectivity index (χ1v) is 24.4. The molecule has 5 aromatic rings. The third-order valence-electron chi connectivity index (χ3n) is 12.8. The number of fused-ring (bicyclic) bond motifs is 1. The van der Waals surface area contributed by atoms with Crippen LogP contribution in [0.25, 0.3) is 22.2 Å². The number of aromatic nitrogens is 2. The molecular weight excluding hydrogens is 927 g/mol. The molecule has 364 valence electrons. The van der Waals surface area contributed by atoms with Crippen LogP contribution in [0.5, 0.6) is 17.2 Å². The fraction of sp³-hybridized carbons (Fsp3) is 0.392. The Morgan fingerprint density at radius 3 is 2.38 bits per heavy atom. The highest BCUT2D eigenvalue weighted by Crippen LogP contribution is 2.44. The lowest BCUT2D eigenvalue weighted by molar-refractivity contribution is -0.385. The smallest absolute Gasteiger partial charge is 0.410 e. The van der Waals surface area contributed by atoms with Crippen LogP contribution in [0.3, 0.4) is 0 Å². The molecule has 0 unspecified atom stereocenters. The van der Waals surface area contributed by atoms with Crippen LogP contribution in [0, 0.1) is 15.5 Å². The van der Waals surface area contributed by atoms with Crippen LogP contribution in [0.2, 0.25) is 5.02 Å². The van der Waals surface area contributed by atoms with E-state index in [1.54, 1.807) is 45.2 Å². The maximum Gasteiger partial charge on any atom is 0.410 e. The van der Waals surface area contributed by atoms with Crippen LogP contribution in [-0.4, -0.2) is 95.7 Å². The van der Waals surface area contributed by atoms with Crippen LogP contribution in [0.15, 0.2) is 96.8 Å². The van der Waals surface area contributed by atoms with Crippen LogP contribution in [0.4, 0.5) is 20.6 Å². The molecule has 2 aromatic heterocycles. The summed E-state index contributed by atoms with van der Waals surface area (Å²) in [5.41, 5.74) is 2.80. The van der Waals surface area contributed by atoms with Crippen molar-refractivity contribution in [1.82, 2.24) is 19.8 Å². The molecule has 4 heterocycles. The number of nitrogens with one attached hydrogen (secondary N) is 1. The predicted molar refractivity (Wildman–Crippen MR) is 264 cm³/mol. The Labute approximate surface area is 407 Å². The van der Waals surface area contributed by atoms with E-state index < -0.39 is 51.4 Å². The number of nitro benzene ring substituents is 1. The topological polar surface area (TPSA) is 178 Å². The van der Waals surface area contributed by atoms with Gasteiger partial charge in [-0.2, -0.15) is 0 Å². The molecule has 15 nitrogen and oxygen atoms in total. The van der Waals surface area contributed by atoms with Crippen molar-refractivity contribution in [3.05, 3.63) is 129 Å². The largest absolute Gasteiger partial charge is 0.483 e. The van der Waals surface area contributed by atoms with Gasteiger partial charge in [-0.15, -0.1) is 0 Å². The number of ether oxygens (including phenoxy) is 3. The molecule has 0 atom stereocenters. The fourth-order valence-electron chi connectivity index (χ4n) is 9.01. The highest BCUT2D eigenvalue weighted by molar-refractivity contribution is 7.75. The molecule has 0 bridgehead atoms. The van der Waals surface area contributed by atoms with Gasteiger partial charge in [-0.05, 0) is 123 Å². The van der Waals surface area contributed by atoms with Gasteiger partial charge in [0, 0.05) is 68.2 Å². The van der Waals surface area contributed by atoms with E-state index in [0.717, 1.165) is 61.0 Å². The minimum Gasteiger partial charge on any atom is -0.483 e. The summed E-state index contributed by atoms with van der Waals surface area (Å²) in [6.45, 7) is 11.6. The van der Waals surface area contributed by atoms with Gasteiger partial charge in [-0.25, -0.2) is 26.9 Å². The second-order valence-electron chi connectivity index (χ2n) is 19.7. The van der Waals surface area contributed by atoms with Crippen molar-refractivity contribution in [2.45, 2.75) is 84.4 Å². The normalized spacial score (nSPS) is 17.4. The van der Waals surface area contributed by atoms with Gasteiger partial charge in [-0.1, -0.05) is 55.3 Å². The first kappa shape index (κ1) is 49.1. The third-order valence-corrected chi connectivity index (χ3v) is 13.8. The van der Waals surface area contributed by atoms with E-state index in [1.165, 1.54) is 39.9 Å². The number of pyridine rings is 1. The number of halogens is 2. The molecule has 1 aliphatic carbocycles. The number of anilines is 1. The van der Waals surface area contributed by atoms with Crippen LogP contribution in [-0.2, 0) is 15.6 Å². The third kappa shape index (κ3) is 11.8. The molecule has 0 radical (unpaired) electrons. The Kier molecular flexibility index (Phi) is 14.2. The van der Waals surface area contributed by atoms with Crippen molar-refractivity contribution in [3.63, 3.8) is 0 Å². The predicted octanol–water partition coefficient (Wildman–Crippen LogP) is 11.0. The number of hydrogen-bond donors (Lipinski definition) is 2. The number of nitrogens with zero attached hydrogens (tertiary/aromatic N) is 5. The second-order valence-corrected chi connectivity index (χ2v) is 21.0. The zero-order valence-electron chi connectivity index (χ0n) is 39.3. The van der Waals surface area contributed by atoms with Crippen molar-refractivity contribution in [1.29, 1.82) is 0 Å². The van der Waals surface area contributed by atoms with E-state index in [0.29, 0.717) is 27.9 Å². The lowest BCUT2D eigenvalue weighted by Gasteiger charge is -2.36. The SMILES string of the molecule is CC1(C)CCC(CN2CC=C(c3ccc(C(=O)N(c4ccc(OCC5(F)CCN(C(=O)OC(C)(C)C)CC5)c([N+](=O)[O-])c4)[SH](=O)=O)c(Oc4cnc5[nH]ccc5c4)c3)CC2)=C(c2ccc(Cl)cc2)C1. The van der Waals surface area contributed by atoms with Gasteiger partial charge < -0.3 is 24.1 Å². The number of rotatable bonds is 13. The average Bonchev–Trinajstić information content (AvgIpc) is 3.77. The zero-order valence-corrected chi connectivity index (χ0v) is 40.9. The molecule has 0 spiro atoms. The van der Waals surface area contributed by atoms with E-state index in [9.17, 15) is 28.1 Å². The van der Waals surface area contributed by atoms with Crippen LogP contribution < -0.4 is 13.8 Å². The fourth-order valence-corrected chi connectivity index (χ4v) is 9.70. The van der Waals surface area contributed by atoms with Crippen molar-refractivity contribution < 1.29 is 41.5 Å². The number of allylic oxidation sites excluding steroid dienone is 1. The monoisotopic (exact) mass is 982 g/mol. The minimum atomic E-state index is -3.72. The number of likely N-dealkylation sites (tertiary alicyclic amines) is 1. The number of benzene rings is 3. The number of aromatic amines is 1. The molecule has 3 aromatic carbocycles. The molecule has 8 rings (SSSR count). The number of hydrogen-bond acceptors (Lipinski definition) is 11. The number of amides is 2. The maximum atomic E-state index is 15.9. The van der Waals surface area contributed by atoms with Gasteiger partial charge in [0.05, 0.1) is 22.4 Å². The average molecular weight is 984 g/mol. The van der Waals surface area contributed by atoms with Crippen molar-refractivity contribution in [3.8, 4) is 17.2 Å². The summed E-state index contributed by atoms with van der Waals surface area (Å²) in [5, 5.41) is 13.8. The van der Waals surface area contributed by atoms with Gasteiger partial charge in [-0.3, -0.25) is 19.8 Å². The lowest BCUT2D eigenvalue weighted by atomic mass is 9.72. The molecule has 1 saturated heterocycles. The van der Waals surface area contributed by atoms with Crippen molar-refractivity contribution in [2.24, 2.45) is 5.41 Å². The molecule has 0 saturated carbocycles. The zero-order chi connectivity index (χ0) is 49.3. The van der Waals surface area contributed by atoms with Gasteiger partial charge in [0.1, 0.15) is 35.0 Å².